The Kier molecular flexibility index (Phi) is 6.55. The number of aromatic nitrogens is 1. The van der Waals surface area contributed by atoms with E-state index in [4.69, 9.17) is 9.47 Å². The maximum atomic E-state index is 15.2. The molecule has 0 bridgehead atoms. The van der Waals surface area contributed by atoms with Crippen molar-refractivity contribution in [1.82, 2.24) is 9.47 Å². The predicted molar refractivity (Wildman–Crippen MR) is 127 cm³/mol. The van der Waals surface area contributed by atoms with E-state index >= 15 is 4.39 Å². The number of carbonyl (C=O) groups is 2. The van der Waals surface area contributed by atoms with E-state index in [1.807, 2.05) is 37.2 Å². The number of fused-ring (bicyclic) bond motifs is 1. The molecule has 0 unspecified atom stereocenters. The van der Waals surface area contributed by atoms with Crippen LogP contribution in [0.5, 0.6) is 0 Å². The van der Waals surface area contributed by atoms with Gasteiger partial charge in [0.25, 0.3) is 0 Å². The molecule has 1 aromatic carbocycles. The van der Waals surface area contributed by atoms with Crippen LogP contribution in [0.4, 0.5) is 14.9 Å². The van der Waals surface area contributed by atoms with Gasteiger partial charge in [0.15, 0.2) is 0 Å². The fourth-order valence-corrected chi connectivity index (χ4v) is 4.13. The molecule has 0 N–H and O–H groups in total. The van der Waals surface area contributed by atoms with Crippen LogP contribution in [-0.2, 0) is 9.47 Å². The van der Waals surface area contributed by atoms with Gasteiger partial charge in [-0.2, -0.15) is 0 Å². The zero-order chi connectivity index (χ0) is 24.6. The highest BCUT2D eigenvalue weighted by Crippen LogP contribution is 2.38. The van der Waals surface area contributed by atoms with Crippen molar-refractivity contribution in [3.63, 3.8) is 0 Å². The summed E-state index contributed by atoms with van der Waals surface area (Å²) in [5.74, 6) is -1.21. The fraction of sp³-hybridized carbons (Fsp3) is 0.560. The van der Waals surface area contributed by atoms with E-state index in [1.165, 1.54) is 6.07 Å². The number of carbonyl (C=O) groups excluding carboxylic acids is 2. The minimum absolute atomic E-state index is 0.0639. The lowest BCUT2D eigenvalue weighted by molar-refractivity contribution is 0.0240. The molecule has 1 saturated heterocycles. The maximum Gasteiger partial charge on any atom is 0.410 e. The van der Waals surface area contributed by atoms with Gasteiger partial charge in [-0.1, -0.05) is 6.92 Å². The van der Waals surface area contributed by atoms with Crippen LogP contribution in [-0.4, -0.2) is 59.9 Å². The number of rotatable bonds is 5. The average Bonchev–Trinajstić information content (AvgIpc) is 3.62. The minimum atomic E-state index is -0.675. The van der Waals surface area contributed by atoms with Crippen molar-refractivity contribution in [2.45, 2.75) is 58.6 Å². The molecule has 1 aliphatic carbocycles. The summed E-state index contributed by atoms with van der Waals surface area (Å²) in [7, 11) is 0. The molecule has 4 rings (SSSR count). The summed E-state index contributed by atoms with van der Waals surface area (Å²) >= 11 is 0. The summed E-state index contributed by atoms with van der Waals surface area (Å²) < 4.78 is 27.7. The van der Waals surface area contributed by atoms with Gasteiger partial charge < -0.3 is 23.8 Å². The Bertz CT molecular complexity index is 1160. The molecule has 1 saturated carbocycles. The van der Waals surface area contributed by atoms with Gasteiger partial charge in [-0.25, -0.2) is 14.0 Å². The lowest BCUT2D eigenvalue weighted by atomic mass is 10.1. The van der Waals surface area contributed by atoms with Crippen LogP contribution >= 0.6 is 0 Å². The smallest absolute Gasteiger partial charge is 0.410 e. The summed E-state index contributed by atoms with van der Waals surface area (Å²) in [5.41, 5.74) is -0.177. The normalized spacial score (nSPS) is 16.6. The highest BCUT2D eigenvalue weighted by atomic mass is 19.1. The Morgan fingerprint density at radius 1 is 1.12 bits per heavy atom. The van der Waals surface area contributed by atoms with Gasteiger partial charge in [-0.3, -0.25) is 4.79 Å². The number of hydrogen-bond donors (Lipinski definition) is 0. The first-order chi connectivity index (χ1) is 16.1. The third-order valence-electron chi connectivity index (χ3n) is 5.97. The van der Waals surface area contributed by atoms with Crippen molar-refractivity contribution in [2.75, 3.05) is 37.7 Å². The van der Waals surface area contributed by atoms with E-state index in [0.29, 0.717) is 43.8 Å². The Balaban J connectivity index is 1.63. The number of amides is 1. The second-order valence-electron chi connectivity index (χ2n) is 9.92. The molecular weight excluding hydrogens is 441 g/mol. The molecule has 1 aromatic heterocycles. The molecule has 2 fully saturated rings. The van der Waals surface area contributed by atoms with Crippen molar-refractivity contribution < 1.29 is 23.5 Å². The monoisotopic (exact) mass is 473 g/mol. The maximum absolute atomic E-state index is 15.2. The number of ether oxygens (including phenoxy) is 2. The lowest BCUT2D eigenvalue weighted by Gasteiger charge is -2.37. The number of piperazine rings is 1. The van der Waals surface area contributed by atoms with Crippen molar-refractivity contribution in [3.05, 3.63) is 39.9 Å². The molecule has 2 aliphatic rings. The number of pyridine rings is 1. The van der Waals surface area contributed by atoms with E-state index < -0.39 is 22.8 Å². The molecule has 34 heavy (non-hydrogen) atoms. The Morgan fingerprint density at radius 3 is 2.38 bits per heavy atom. The van der Waals surface area contributed by atoms with E-state index in [-0.39, 0.29) is 29.7 Å². The molecule has 0 radical (unpaired) electrons. The lowest BCUT2D eigenvalue weighted by Crippen LogP contribution is -2.50. The second kappa shape index (κ2) is 9.27. The molecule has 184 valence electrons. The minimum Gasteiger partial charge on any atom is -0.462 e. The fourth-order valence-electron chi connectivity index (χ4n) is 4.13. The Hall–Kier alpha value is -3.10. The number of hydrogen-bond acceptors (Lipinski definition) is 6. The zero-order valence-corrected chi connectivity index (χ0v) is 20.2. The van der Waals surface area contributed by atoms with Gasteiger partial charge in [-0.15, -0.1) is 0 Å². The molecule has 9 heteroatoms. The number of nitrogens with zero attached hydrogens (tertiary/aromatic N) is 3. The Morgan fingerprint density at radius 2 is 1.79 bits per heavy atom. The number of benzene rings is 1. The van der Waals surface area contributed by atoms with Gasteiger partial charge in [0.05, 0.1) is 17.8 Å². The van der Waals surface area contributed by atoms with Crippen molar-refractivity contribution in [3.8, 4) is 0 Å². The largest absolute Gasteiger partial charge is 0.462 e. The van der Waals surface area contributed by atoms with E-state index in [2.05, 4.69) is 0 Å². The standard InChI is InChI=1S/C25H32FN3O5/c1-5-12-33-23(31)18-15-29(16-6-7-16)20-14-21(19(26)13-17(20)22(18)30)27-8-10-28(11-9-27)24(32)34-25(2,3)4/h13-16H,5-12H2,1-4H3. The molecular formula is C25H32FN3O5. The first kappa shape index (κ1) is 24.0. The SMILES string of the molecule is CCCOC(=O)c1cn(C2CC2)c2cc(N3CCN(C(=O)OC(C)(C)C)CC3)c(F)cc2c1=O. The summed E-state index contributed by atoms with van der Waals surface area (Å²) in [4.78, 5) is 41.3. The molecule has 2 heterocycles. The van der Waals surface area contributed by atoms with Gasteiger partial charge in [0, 0.05) is 43.8 Å². The van der Waals surface area contributed by atoms with Crippen molar-refractivity contribution in [1.29, 1.82) is 0 Å². The van der Waals surface area contributed by atoms with Gasteiger partial charge >= 0.3 is 12.1 Å². The molecule has 2 aromatic rings. The first-order valence-corrected chi connectivity index (χ1v) is 11.9. The molecule has 1 amide bonds. The molecule has 0 spiro atoms. The Labute approximate surface area is 198 Å². The highest BCUT2D eigenvalue weighted by molar-refractivity contribution is 5.94. The summed E-state index contributed by atoms with van der Waals surface area (Å²) in [6.45, 7) is 9.25. The summed E-state index contributed by atoms with van der Waals surface area (Å²) in [6.07, 6.45) is 3.69. The third kappa shape index (κ3) is 5.03. The molecule has 1 aliphatic heterocycles. The van der Waals surface area contributed by atoms with E-state index in [0.717, 1.165) is 12.8 Å². The average molecular weight is 474 g/mol. The van der Waals surface area contributed by atoms with Gasteiger partial charge in [0.1, 0.15) is 17.0 Å². The third-order valence-corrected chi connectivity index (χ3v) is 5.97. The summed E-state index contributed by atoms with van der Waals surface area (Å²) in [5, 5.41) is 0.173. The number of esters is 1. The summed E-state index contributed by atoms with van der Waals surface area (Å²) in [6, 6.07) is 3.08. The first-order valence-electron chi connectivity index (χ1n) is 11.9. The number of anilines is 1. The van der Waals surface area contributed by atoms with Crippen molar-refractivity contribution >= 4 is 28.7 Å². The molecule has 8 nitrogen and oxygen atoms in total. The number of halogens is 1. The molecule has 0 atom stereocenters. The van der Waals surface area contributed by atoms with E-state index in [9.17, 15) is 14.4 Å². The van der Waals surface area contributed by atoms with Crippen LogP contribution in [0.25, 0.3) is 10.9 Å². The topological polar surface area (TPSA) is 81.1 Å². The predicted octanol–water partition coefficient (Wildman–Crippen LogP) is 4.10. The van der Waals surface area contributed by atoms with Crippen LogP contribution in [0.15, 0.2) is 23.1 Å². The van der Waals surface area contributed by atoms with Crippen LogP contribution in [0.2, 0.25) is 0 Å². The van der Waals surface area contributed by atoms with Crippen LogP contribution < -0.4 is 10.3 Å². The van der Waals surface area contributed by atoms with Crippen LogP contribution in [0.1, 0.15) is 63.4 Å². The van der Waals surface area contributed by atoms with Crippen LogP contribution in [0, 0.1) is 5.82 Å². The van der Waals surface area contributed by atoms with Crippen LogP contribution in [0.3, 0.4) is 0 Å². The quantitative estimate of drug-likeness (QED) is 0.609. The van der Waals surface area contributed by atoms with Gasteiger partial charge in [-0.05, 0) is 52.2 Å². The highest BCUT2D eigenvalue weighted by Gasteiger charge is 2.30. The van der Waals surface area contributed by atoms with Gasteiger partial charge in [0.2, 0.25) is 5.43 Å². The van der Waals surface area contributed by atoms with Crippen molar-refractivity contribution in [2.24, 2.45) is 0 Å². The zero-order valence-electron chi connectivity index (χ0n) is 20.2. The second-order valence-corrected chi connectivity index (χ2v) is 9.92. The van der Waals surface area contributed by atoms with E-state index in [1.54, 1.807) is 17.2 Å².